The lowest BCUT2D eigenvalue weighted by Crippen LogP contribution is -2.09. The predicted octanol–water partition coefficient (Wildman–Crippen LogP) is 9.78. The molecular weight excluding hydrogens is 464 g/mol. The van der Waals surface area contributed by atoms with Gasteiger partial charge < -0.3 is 9.32 Å². The first-order valence-corrected chi connectivity index (χ1v) is 12.7. The molecule has 0 N–H and O–H groups in total. The lowest BCUT2D eigenvalue weighted by Gasteiger charge is -2.26. The van der Waals surface area contributed by atoms with E-state index in [1.54, 1.807) is 0 Å². The van der Waals surface area contributed by atoms with Crippen LogP contribution < -0.4 is 4.90 Å². The average Bonchev–Trinajstić information content (AvgIpc) is 3.37. The zero-order valence-corrected chi connectivity index (χ0v) is 20.7. The highest BCUT2D eigenvalue weighted by molar-refractivity contribution is 6.03. The minimum absolute atomic E-state index is 0.803. The van der Waals surface area contributed by atoms with Gasteiger partial charge in [0.25, 0.3) is 0 Å². The minimum Gasteiger partial charge on any atom is -0.454 e. The molecule has 38 heavy (non-hydrogen) atoms. The summed E-state index contributed by atoms with van der Waals surface area (Å²) in [7, 11) is 0. The summed E-state index contributed by atoms with van der Waals surface area (Å²) < 4.78 is 6.06. The van der Waals surface area contributed by atoms with Crippen molar-refractivity contribution >= 4 is 39.1 Å². The first kappa shape index (κ1) is 22.1. The van der Waals surface area contributed by atoms with E-state index in [0.717, 1.165) is 50.3 Å². The molecule has 0 fully saturated rings. The van der Waals surface area contributed by atoms with Crippen LogP contribution in [0.15, 0.2) is 150 Å². The van der Waals surface area contributed by atoms with Gasteiger partial charge in [-0.15, -0.1) is 0 Å². The van der Waals surface area contributed by atoms with Crippen LogP contribution in [0.5, 0.6) is 0 Å². The summed E-state index contributed by atoms with van der Waals surface area (Å²) >= 11 is 0. The molecule has 5 aromatic carbocycles. The monoisotopic (exact) mass is 488 g/mol. The fourth-order valence-electron chi connectivity index (χ4n) is 5.01. The number of furan rings is 1. The van der Waals surface area contributed by atoms with Crippen molar-refractivity contribution in [2.45, 2.75) is 0 Å². The van der Waals surface area contributed by atoms with Gasteiger partial charge in [0, 0.05) is 34.2 Å². The molecule has 2 heterocycles. The lowest BCUT2D eigenvalue weighted by molar-refractivity contribution is 0.668. The van der Waals surface area contributed by atoms with Crippen LogP contribution in [0.1, 0.15) is 0 Å². The molecule has 3 heteroatoms. The topological polar surface area (TPSA) is 29.3 Å². The highest BCUT2D eigenvalue weighted by Gasteiger charge is 2.14. The zero-order valence-electron chi connectivity index (χ0n) is 20.7. The van der Waals surface area contributed by atoms with Crippen LogP contribution in [0.4, 0.5) is 17.1 Å². The molecule has 0 aliphatic heterocycles. The maximum atomic E-state index is 6.06. The van der Waals surface area contributed by atoms with Gasteiger partial charge in [0.15, 0.2) is 5.58 Å². The Balaban J connectivity index is 1.25. The molecule has 0 saturated carbocycles. The number of nitrogens with zero attached hydrogens (tertiary/aromatic N) is 2. The van der Waals surface area contributed by atoms with Gasteiger partial charge in [-0.05, 0) is 71.3 Å². The Morgan fingerprint density at radius 2 is 0.974 bits per heavy atom. The number of aromatic nitrogens is 1. The fourth-order valence-corrected chi connectivity index (χ4v) is 5.01. The van der Waals surface area contributed by atoms with Crippen molar-refractivity contribution in [1.29, 1.82) is 0 Å². The van der Waals surface area contributed by atoms with Crippen LogP contribution in [-0.4, -0.2) is 4.98 Å². The summed E-state index contributed by atoms with van der Waals surface area (Å²) in [6, 6.07) is 48.4. The van der Waals surface area contributed by atoms with Crippen molar-refractivity contribution in [2.75, 3.05) is 4.90 Å². The van der Waals surface area contributed by atoms with Crippen LogP contribution in [0.2, 0.25) is 0 Å². The highest BCUT2D eigenvalue weighted by Crippen LogP contribution is 2.37. The van der Waals surface area contributed by atoms with Gasteiger partial charge in [-0.2, -0.15) is 0 Å². The Bertz CT molecular complexity index is 1840. The van der Waals surface area contributed by atoms with Crippen molar-refractivity contribution in [3.8, 4) is 22.3 Å². The van der Waals surface area contributed by atoms with Crippen molar-refractivity contribution in [1.82, 2.24) is 4.98 Å². The molecule has 0 spiro atoms. The number of pyridine rings is 1. The van der Waals surface area contributed by atoms with Crippen LogP contribution in [0.3, 0.4) is 0 Å². The average molecular weight is 489 g/mol. The smallest absolute Gasteiger partial charge is 0.154 e. The number of hydrogen-bond donors (Lipinski definition) is 0. The van der Waals surface area contributed by atoms with Crippen LogP contribution in [0, 0.1) is 0 Å². The number of benzene rings is 5. The zero-order chi connectivity index (χ0) is 25.3. The first-order chi connectivity index (χ1) is 18.8. The Labute approximate surface area is 221 Å². The number of hydrogen-bond acceptors (Lipinski definition) is 3. The van der Waals surface area contributed by atoms with Gasteiger partial charge in [0.05, 0.1) is 0 Å². The molecule has 180 valence electrons. The van der Waals surface area contributed by atoms with E-state index in [2.05, 4.69) is 108 Å². The van der Waals surface area contributed by atoms with Crippen LogP contribution in [-0.2, 0) is 0 Å². The highest BCUT2D eigenvalue weighted by atomic mass is 16.3. The molecule has 0 aliphatic rings. The number of rotatable bonds is 5. The normalized spacial score (nSPS) is 11.2. The Morgan fingerprint density at radius 3 is 1.66 bits per heavy atom. The van der Waals surface area contributed by atoms with Crippen molar-refractivity contribution in [2.24, 2.45) is 0 Å². The van der Waals surface area contributed by atoms with E-state index < -0.39 is 0 Å². The van der Waals surface area contributed by atoms with Crippen molar-refractivity contribution in [3.63, 3.8) is 0 Å². The standard InChI is InChI=1S/C35H24N2O/c1-3-9-25(10-4-1)26-15-19-30(20-16-26)37(29-11-5-2-6-12-29)31-21-17-27(18-22-31)28-23-34-35(36-24-28)32-13-7-8-14-33(32)38-34/h1-24H. The van der Waals surface area contributed by atoms with Gasteiger partial charge in [-0.3, -0.25) is 4.98 Å². The quantitative estimate of drug-likeness (QED) is 0.241. The van der Waals surface area contributed by atoms with E-state index in [1.165, 1.54) is 11.1 Å². The van der Waals surface area contributed by atoms with Gasteiger partial charge in [0.1, 0.15) is 11.1 Å². The van der Waals surface area contributed by atoms with Gasteiger partial charge in [-0.1, -0.05) is 84.9 Å². The molecule has 0 bridgehead atoms. The van der Waals surface area contributed by atoms with E-state index in [0.29, 0.717) is 0 Å². The number of anilines is 3. The molecule has 0 unspecified atom stereocenters. The number of fused-ring (bicyclic) bond motifs is 3. The van der Waals surface area contributed by atoms with E-state index >= 15 is 0 Å². The molecule has 0 atom stereocenters. The third-order valence-corrected chi connectivity index (χ3v) is 6.92. The van der Waals surface area contributed by atoms with E-state index in [9.17, 15) is 0 Å². The lowest BCUT2D eigenvalue weighted by atomic mass is 10.0. The minimum atomic E-state index is 0.803. The molecule has 0 aliphatic carbocycles. The summed E-state index contributed by atoms with van der Waals surface area (Å²) in [5, 5.41) is 1.04. The molecule has 2 aromatic heterocycles. The van der Waals surface area contributed by atoms with Crippen LogP contribution in [0.25, 0.3) is 44.3 Å². The molecule has 0 amide bonds. The molecule has 3 nitrogen and oxygen atoms in total. The van der Waals surface area contributed by atoms with Gasteiger partial charge >= 0.3 is 0 Å². The Hall–Kier alpha value is -5.15. The Kier molecular flexibility index (Phi) is 5.45. The van der Waals surface area contributed by atoms with Gasteiger partial charge in [-0.25, -0.2) is 0 Å². The van der Waals surface area contributed by atoms with Crippen molar-refractivity contribution in [3.05, 3.63) is 146 Å². The third kappa shape index (κ3) is 4.00. The van der Waals surface area contributed by atoms with E-state index in [4.69, 9.17) is 9.40 Å². The second kappa shape index (κ2) is 9.38. The summed E-state index contributed by atoms with van der Waals surface area (Å²) in [4.78, 5) is 7.00. The van der Waals surface area contributed by atoms with Gasteiger partial charge in [0.2, 0.25) is 0 Å². The first-order valence-electron chi connectivity index (χ1n) is 12.7. The molecule has 0 saturated heterocycles. The molecule has 0 radical (unpaired) electrons. The van der Waals surface area contributed by atoms with E-state index in [1.807, 2.05) is 42.6 Å². The third-order valence-electron chi connectivity index (χ3n) is 6.92. The fraction of sp³-hybridized carbons (Fsp3) is 0. The molecule has 7 aromatic rings. The maximum absolute atomic E-state index is 6.06. The second-order valence-corrected chi connectivity index (χ2v) is 9.30. The molecule has 7 rings (SSSR count). The molecular formula is C35H24N2O. The summed E-state index contributed by atoms with van der Waals surface area (Å²) in [5.74, 6) is 0. The largest absolute Gasteiger partial charge is 0.454 e. The SMILES string of the molecule is c1ccc(-c2ccc(N(c3ccccc3)c3ccc(-c4cnc5c(c4)oc4ccccc45)cc3)cc2)cc1. The van der Waals surface area contributed by atoms with Crippen LogP contribution >= 0.6 is 0 Å². The summed E-state index contributed by atoms with van der Waals surface area (Å²) in [5.41, 5.74) is 10.4. The predicted molar refractivity (Wildman–Crippen MR) is 157 cm³/mol. The number of para-hydroxylation sites is 2. The summed E-state index contributed by atoms with van der Waals surface area (Å²) in [6.45, 7) is 0. The van der Waals surface area contributed by atoms with Crippen molar-refractivity contribution < 1.29 is 4.42 Å². The second-order valence-electron chi connectivity index (χ2n) is 9.30. The summed E-state index contributed by atoms with van der Waals surface area (Å²) in [6.07, 6.45) is 1.93. The maximum Gasteiger partial charge on any atom is 0.154 e. The van der Waals surface area contributed by atoms with E-state index in [-0.39, 0.29) is 0 Å². The Morgan fingerprint density at radius 1 is 0.447 bits per heavy atom.